The molecule has 1 aliphatic heterocycles. The number of nitrogens with zero attached hydrogens (tertiary/aromatic N) is 1. The predicted molar refractivity (Wildman–Crippen MR) is 71.3 cm³/mol. The fourth-order valence-corrected chi connectivity index (χ4v) is 2.90. The fraction of sp³-hybridized carbons (Fsp3) is 0.538. The van der Waals surface area contributed by atoms with E-state index in [1.54, 1.807) is 0 Å². The van der Waals surface area contributed by atoms with Gasteiger partial charge in [0.2, 0.25) is 0 Å². The zero-order chi connectivity index (χ0) is 12.6. The van der Waals surface area contributed by atoms with Crippen molar-refractivity contribution in [3.05, 3.63) is 34.1 Å². The first-order valence-electron chi connectivity index (χ1n) is 5.97. The molecule has 0 amide bonds. The lowest BCUT2D eigenvalue weighted by Crippen LogP contribution is -2.36. The summed E-state index contributed by atoms with van der Waals surface area (Å²) >= 11 is 3.28. The van der Waals surface area contributed by atoms with Gasteiger partial charge in [-0.3, -0.25) is 4.90 Å². The number of hydrogen-bond acceptors (Lipinski definition) is 2. The van der Waals surface area contributed by atoms with Crippen LogP contribution in [0.25, 0.3) is 0 Å². The summed E-state index contributed by atoms with van der Waals surface area (Å²) in [5.74, 6) is -0.174. The third-order valence-corrected chi connectivity index (χ3v) is 3.92. The van der Waals surface area contributed by atoms with E-state index in [9.17, 15) is 4.39 Å². The summed E-state index contributed by atoms with van der Waals surface area (Å²) in [7, 11) is 0. The normalized spacial score (nSPS) is 25.8. The van der Waals surface area contributed by atoms with E-state index in [1.807, 2.05) is 12.1 Å². The smallest absolute Gasteiger partial charge is 0.129 e. The van der Waals surface area contributed by atoms with Crippen LogP contribution in [0.4, 0.5) is 4.39 Å². The van der Waals surface area contributed by atoms with Gasteiger partial charge in [0, 0.05) is 28.7 Å². The SMILES string of the molecule is CC(C)N1CCC(N)C1c1ccc(Br)cc1F. The first-order valence-corrected chi connectivity index (χ1v) is 6.76. The molecule has 94 valence electrons. The van der Waals surface area contributed by atoms with Crippen molar-refractivity contribution in [2.45, 2.75) is 38.4 Å². The molecule has 1 saturated heterocycles. The number of likely N-dealkylation sites (tertiary alicyclic amines) is 1. The van der Waals surface area contributed by atoms with Crippen molar-refractivity contribution in [2.75, 3.05) is 6.54 Å². The van der Waals surface area contributed by atoms with Gasteiger partial charge in [-0.1, -0.05) is 22.0 Å². The average molecular weight is 301 g/mol. The van der Waals surface area contributed by atoms with Crippen LogP contribution in [0.2, 0.25) is 0 Å². The zero-order valence-electron chi connectivity index (χ0n) is 10.2. The molecule has 1 aromatic rings. The van der Waals surface area contributed by atoms with Crippen LogP contribution < -0.4 is 5.73 Å². The third-order valence-electron chi connectivity index (χ3n) is 3.43. The lowest BCUT2D eigenvalue weighted by Gasteiger charge is -2.30. The van der Waals surface area contributed by atoms with Gasteiger partial charge in [0.15, 0.2) is 0 Å². The number of benzene rings is 1. The molecule has 2 unspecified atom stereocenters. The first-order chi connectivity index (χ1) is 8.00. The highest BCUT2D eigenvalue weighted by atomic mass is 79.9. The highest BCUT2D eigenvalue weighted by Crippen LogP contribution is 2.34. The van der Waals surface area contributed by atoms with Crippen LogP contribution in [0.15, 0.2) is 22.7 Å². The number of nitrogens with two attached hydrogens (primary N) is 1. The zero-order valence-corrected chi connectivity index (χ0v) is 11.7. The molecule has 2 nitrogen and oxygen atoms in total. The molecule has 0 bridgehead atoms. The van der Waals surface area contributed by atoms with Crippen molar-refractivity contribution < 1.29 is 4.39 Å². The van der Waals surface area contributed by atoms with Crippen molar-refractivity contribution in [3.8, 4) is 0 Å². The van der Waals surface area contributed by atoms with E-state index in [0.717, 1.165) is 17.4 Å². The maximum Gasteiger partial charge on any atom is 0.129 e. The van der Waals surface area contributed by atoms with Gasteiger partial charge in [0.25, 0.3) is 0 Å². The maximum absolute atomic E-state index is 14.0. The highest BCUT2D eigenvalue weighted by Gasteiger charge is 2.35. The number of rotatable bonds is 2. The number of halogens is 2. The molecule has 1 fully saturated rings. The van der Waals surface area contributed by atoms with Crippen LogP contribution in [0, 0.1) is 5.82 Å². The van der Waals surface area contributed by atoms with Crippen molar-refractivity contribution >= 4 is 15.9 Å². The Morgan fingerprint density at radius 1 is 1.47 bits per heavy atom. The Labute approximate surface area is 110 Å². The average Bonchev–Trinajstić information content (AvgIpc) is 2.60. The molecular formula is C13H18BrFN2. The van der Waals surface area contributed by atoms with E-state index in [-0.39, 0.29) is 17.9 Å². The van der Waals surface area contributed by atoms with Crippen molar-refractivity contribution in [2.24, 2.45) is 5.73 Å². The minimum Gasteiger partial charge on any atom is -0.326 e. The molecule has 0 aromatic heterocycles. The van der Waals surface area contributed by atoms with Crippen molar-refractivity contribution in [3.63, 3.8) is 0 Å². The van der Waals surface area contributed by atoms with Gasteiger partial charge in [0.05, 0.1) is 6.04 Å². The molecule has 1 aromatic carbocycles. The van der Waals surface area contributed by atoms with Crippen LogP contribution >= 0.6 is 15.9 Å². The molecule has 0 saturated carbocycles. The second-order valence-electron chi connectivity index (χ2n) is 4.89. The Hall–Kier alpha value is -0.450. The standard InChI is InChI=1S/C13H18BrFN2/c1-8(2)17-6-5-12(16)13(17)10-4-3-9(14)7-11(10)15/h3-4,7-8,12-13H,5-6,16H2,1-2H3. The van der Waals surface area contributed by atoms with Gasteiger partial charge in [0.1, 0.15) is 5.82 Å². The van der Waals surface area contributed by atoms with Crippen LogP contribution in [0.5, 0.6) is 0 Å². The second-order valence-corrected chi connectivity index (χ2v) is 5.81. The molecule has 2 atom stereocenters. The molecular weight excluding hydrogens is 283 g/mol. The molecule has 1 heterocycles. The van der Waals surface area contributed by atoms with E-state index >= 15 is 0 Å². The summed E-state index contributed by atoms with van der Waals surface area (Å²) in [5, 5.41) is 0. The highest BCUT2D eigenvalue weighted by molar-refractivity contribution is 9.10. The Balaban J connectivity index is 2.36. The molecule has 4 heteroatoms. The van der Waals surface area contributed by atoms with E-state index in [0.29, 0.717) is 11.6 Å². The summed E-state index contributed by atoms with van der Waals surface area (Å²) in [6.07, 6.45) is 0.929. The minimum absolute atomic E-state index is 0.00287. The third kappa shape index (κ3) is 2.54. The van der Waals surface area contributed by atoms with Crippen LogP contribution in [-0.4, -0.2) is 23.5 Å². The predicted octanol–water partition coefficient (Wildman–Crippen LogP) is 3.07. The summed E-state index contributed by atoms with van der Waals surface area (Å²) in [6.45, 7) is 5.20. The Morgan fingerprint density at radius 3 is 2.76 bits per heavy atom. The largest absolute Gasteiger partial charge is 0.326 e. The summed E-state index contributed by atoms with van der Waals surface area (Å²) < 4.78 is 14.8. The van der Waals surface area contributed by atoms with Crippen LogP contribution in [0.1, 0.15) is 31.9 Å². The van der Waals surface area contributed by atoms with Crippen LogP contribution in [0.3, 0.4) is 0 Å². The molecule has 0 aliphatic carbocycles. The van der Waals surface area contributed by atoms with Gasteiger partial charge in [-0.15, -0.1) is 0 Å². The summed E-state index contributed by atoms with van der Waals surface area (Å²) in [6, 6.07) is 5.64. The Morgan fingerprint density at radius 2 is 2.18 bits per heavy atom. The van der Waals surface area contributed by atoms with E-state index in [4.69, 9.17) is 5.73 Å². The summed E-state index contributed by atoms with van der Waals surface area (Å²) in [5.41, 5.74) is 6.84. The quantitative estimate of drug-likeness (QED) is 0.909. The molecule has 17 heavy (non-hydrogen) atoms. The molecule has 2 rings (SSSR count). The molecule has 0 spiro atoms. The van der Waals surface area contributed by atoms with Gasteiger partial charge in [-0.05, 0) is 32.4 Å². The van der Waals surface area contributed by atoms with Crippen molar-refractivity contribution in [1.29, 1.82) is 0 Å². The molecule has 1 aliphatic rings. The lowest BCUT2D eigenvalue weighted by atomic mass is 9.99. The Bertz CT molecular complexity index is 408. The van der Waals surface area contributed by atoms with Crippen LogP contribution in [-0.2, 0) is 0 Å². The van der Waals surface area contributed by atoms with Gasteiger partial charge < -0.3 is 5.73 Å². The van der Waals surface area contributed by atoms with Crippen molar-refractivity contribution in [1.82, 2.24) is 4.90 Å². The second kappa shape index (κ2) is 5.04. The fourth-order valence-electron chi connectivity index (χ4n) is 2.57. The van der Waals surface area contributed by atoms with Gasteiger partial charge in [-0.25, -0.2) is 4.39 Å². The molecule has 0 radical (unpaired) electrons. The maximum atomic E-state index is 14.0. The van der Waals surface area contributed by atoms with E-state index in [1.165, 1.54) is 6.07 Å². The first kappa shape index (κ1) is 13.0. The van der Waals surface area contributed by atoms with Gasteiger partial charge >= 0.3 is 0 Å². The topological polar surface area (TPSA) is 29.3 Å². The van der Waals surface area contributed by atoms with E-state index in [2.05, 4.69) is 34.7 Å². The number of hydrogen-bond donors (Lipinski definition) is 1. The Kier molecular flexibility index (Phi) is 3.85. The van der Waals surface area contributed by atoms with E-state index < -0.39 is 0 Å². The van der Waals surface area contributed by atoms with Gasteiger partial charge in [-0.2, -0.15) is 0 Å². The summed E-state index contributed by atoms with van der Waals surface area (Å²) in [4.78, 5) is 2.27. The lowest BCUT2D eigenvalue weighted by molar-refractivity contribution is 0.194. The molecule has 2 N–H and O–H groups in total. The minimum atomic E-state index is -0.174. The monoisotopic (exact) mass is 300 g/mol.